The summed E-state index contributed by atoms with van der Waals surface area (Å²) >= 11 is 0.576. The Bertz CT molecular complexity index is 682. The summed E-state index contributed by atoms with van der Waals surface area (Å²) in [6, 6.07) is 2.36. The van der Waals surface area contributed by atoms with Gasteiger partial charge in [0.25, 0.3) is 10.0 Å². The Labute approximate surface area is 131 Å². The molecule has 1 saturated heterocycles. The monoisotopic (exact) mass is 349 g/mol. The number of hydrogen-bond donors (Lipinski definition) is 1. The van der Waals surface area contributed by atoms with Gasteiger partial charge in [-0.1, -0.05) is 11.3 Å². The minimum atomic E-state index is -3.82. The average Bonchev–Trinajstić information content (AvgIpc) is 2.83. The van der Waals surface area contributed by atoms with Gasteiger partial charge in [-0.05, 0) is 31.4 Å². The highest BCUT2D eigenvalue weighted by Gasteiger charge is 2.48. The number of carboxylic acid groups (broad SMARTS) is 1. The first kappa shape index (κ1) is 15.9. The Hall–Kier alpha value is -1.03. The minimum Gasteiger partial charge on any atom is -0.481 e. The molecule has 1 atom stereocenters. The van der Waals surface area contributed by atoms with E-state index >= 15 is 0 Å². The van der Waals surface area contributed by atoms with Gasteiger partial charge in [-0.15, -0.1) is 0 Å². The molecule has 6 nitrogen and oxygen atoms in total. The molecule has 1 aromatic rings. The van der Waals surface area contributed by atoms with Gasteiger partial charge in [-0.3, -0.25) is 4.79 Å². The second kappa shape index (κ2) is 5.55. The number of carbonyl (C=O) groups is 1. The maximum atomic E-state index is 13.1. The zero-order valence-electron chi connectivity index (χ0n) is 11.7. The van der Waals surface area contributed by atoms with E-state index in [9.17, 15) is 17.6 Å². The fraction of sp³-hybridized carbons (Fsp3) is 0.615. The summed E-state index contributed by atoms with van der Waals surface area (Å²) < 4.78 is 45.4. The standard InChI is InChI=1S/C13H16FNO5S2/c14-10-2-3-12(21-10)22(18,19)15-7-9(6-11(16)17)20-13(8-15)4-1-5-13/h2-3,9H,1,4-8H2,(H,16,17). The molecule has 1 unspecified atom stereocenters. The van der Waals surface area contributed by atoms with Crippen LogP contribution in [0.3, 0.4) is 0 Å². The molecular weight excluding hydrogens is 333 g/mol. The van der Waals surface area contributed by atoms with Crippen molar-refractivity contribution in [1.82, 2.24) is 4.31 Å². The second-order valence-corrected chi connectivity index (χ2v) is 8.93. The predicted molar refractivity (Wildman–Crippen MR) is 76.7 cm³/mol. The first-order chi connectivity index (χ1) is 10.3. The number of morpholine rings is 1. The maximum Gasteiger partial charge on any atom is 0.306 e. The van der Waals surface area contributed by atoms with Crippen molar-refractivity contribution >= 4 is 27.3 Å². The van der Waals surface area contributed by atoms with Crippen LogP contribution < -0.4 is 0 Å². The summed E-state index contributed by atoms with van der Waals surface area (Å²) in [5.41, 5.74) is -0.582. The second-order valence-electron chi connectivity index (χ2n) is 5.73. The van der Waals surface area contributed by atoms with Crippen molar-refractivity contribution < 1.29 is 27.4 Å². The van der Waals surface area contributed by atoms with Crippen molar-refractivity contribution in [1.29, 1.82) is 0 Å². The van der Waals surface area contributed by atoms with Crippen LogP contribution in [0.4, 0.5) is 4.39 Å². The van der Waals surface area contributed by atoms with E-state index in [1.807, 2.05) is 0 Å². The SMILES string of the molecule is O=C(O)CC1CN(S(=O)(=O)c2ccc(F)s2)CC2(CCC2)O1. The lowest BCUT2D eigenvalue weighted by molar-refractivity contribution is -0.183. The van der Waals surface area contributed by atoms with E-state index in [2.05, 4.69) is 0 Å². The summed E-state index contributed by atoms with van der Waals surface area (Å²) in [7, 11) is -3.82. The van der Waals surface area contributed by atoms with Gasteiger partial charge in [-0.2, -0.15) is 8.70 Å². The zero-order chi connectivity index (χ0) is 16.0. The molecule has 1 aliphatic heterocycles. The number of nitrogens with zero attached hydrogens (tertiary/aromatic N) is 1. The van der Waals surface area contributed by atoms with E-state index in [0.29, 0.717) is 24.2 Å². The number of ether oxygens (including phenoxy) is 1. The molecule has 22 heavy (non-hydrogen) atoms. The van der Waals surface area contributed by atoms with Crippen LogP contribution in [0.25, 0.3) is 0 Å². The number of thiophene rings is 1. The molecule has 1 saturated carbocycles. The molecule has 0 amide bonds. The molecule has 1 aromatic heterocycles. The number of rotatable bonds is 4. The topological polar surface area (TPSA) is 83.9 Å². The van der Waals surface area contributed by atoms with Gasteiger partial charge >= 0.3 is 5.97 Å². The van der Waals surface area contributed by atoms with Crippen LogP contribution in [0.5, 0.6) is 0 Å². The third kappa shape index (κ3) is 2.90. The molecule has 3 rings (SSSR count). The van der Waals surface area contributed by atoms with E-state index in [-0.39, 0.29) is 23.7 Å². The van der Waals surface area contributed by atoms with Crippen LogP contribution in [-0.2, 0) is 19.6 Å². The average molecular weight is 349 g/mol. The molecule has 0 aromatic carbocycles. The molecule has 0 bridgehead atoms. The van der Waals surface area contributed by atoms with Crippen LogP contribution in [-0.4, -0.2) is 48.6 Å². The molecule has 1 spiro atoms. The molecule has 122 valence electrons. The van der Waals surface area contributed by atoms with E-state index in [0.717, 1.165) is 12.5 Å². The Balaban J connectivity index is 1.86. The van der Waals surface area contributed by atoms with Gasteiger partial charge in [-0.25, -0.2) is 8.42 Å². The highest BCUT2D eigenvalue weighted by Crippen LogP contribution is 2.42. The van der Waals surface area contributed by atoms with Crippen molar-refractivity contribution in [3.05, 3.63) is 17.3 Å². The Morgan fingerprint density at radius 3 is 2.73 bits per heavy atom. The fourth-order valence-corrected chi connectivity index (χ4v) is 5.64. The number of carboxylic acids is 1. The van der Waals surface area contributed by atoms with Crippen molar-refractivity contribution in [2.45, 2.75) is 41.6 Å². The summed E-state index contributed by atoms with van der Waals surface area (Å²) in [4.78, 5) is 10.9. The fourth-order valence-electron chi connectivity index (χ4n) is 2.94. The molecule has 1 N–H and O–H groups in total. The quantitative estimate of drug-likeness (QED) is 0.894. The van der Waals surface area contributed by atoms with Gasteiger partial charge in [0.05, 0.1) is 18.1 Å². The van der Waals surface area contributed by atoms with Crippen LogP contribution in [0.2, 0.25) is 0 Å². The molecule has 9 heteroatoms. The Kier molecular flexibility index (Phi) is 4.00. The van der Waals surface area contributed by atoms with Gasteiger partial charge in [0.1, 0.15) is 4.21 Å². The van der Waals surface area contributed by atoms with Gasteiger partial charge in [0.2, 0.25) is 0 Å². The first-order valence-corrected chi connectivity index (χ1v) is 9.22. The summed E-state index contributed by atoms with van der Waals surface area (Å²) in [6.07, 6.45) is 1.45. The maximum absolute atomic E-state index is 13.1. The molecular formula is C13H16FNO5S2. The summed E-state index contributed by atoms with van der Waals surface area (Å²) in [5.74, 6) is -1.03. The van der Waals surface area contributed by atoms with Gasteiger partial charge in [0.15, 0.2) is 5.13 Å². The van der Waals surface area contributed by atoms with E-state index in [4.69, 9.17) is 9.84 Å². The summed E-state index contributed by atoms with van der Waals surface area (Å²) in [6.45, 7) is 0.181. The number of sulfonamides is 1. The normalized spacial score (nSPS) is 25.0. The smallest absolute Gasteiger partial charge is 0.306 e. The lowest BCUT2D eigenvalue weighted by atomic mass is 9.79. The third-order valence-electron chi connectivity index (χ3n) is 4.10. The number of aliphatic carboxylic acids is 1. The van der Waals surface area contributed by atoms with Crippen molar-refractivity contribution in [2.75, 3.05) is 13.1 Å². The van der Waals surface area contributed by atoms with Gasteiger partial charge in [0, 0.05) is 13.1 Å². The largest absolute Gasteiger partial charge is 0.481 e. The highest BCUT2D eigenvalue weighted by molar-refractivity contribution is 7.91. The van der Waals surface area contributed by atoms with Crippen molar-refractivity contribution in [3.63, 3.8) is 0 Å². The minimum absolute atomic E-state index is 0.0180. The van der Waals surface area contributed by atoms with E-state index in [1.54, 1.807) is 0 Å². The zero-order valence-corrected chi connectivity index (χ0v) is 13.3. The lowest BCUT2D eigenvalue weighted by Gasteiger charge is -2.50. The van der Waals surface area contributed by atoms with Crippen LogP contribution in [0.1, 0.15) is 25.7 Å². The lowest BCUT2D eigenvalue weighted by Crippen LogP contribution is -2.60. The van der Waals surface area contributed by atoms with E-state index in [1.165, 1.54) is 10.4 Å². The predicted octanol–water partition coefficient (Wildman–Crippen LogP) is 1.67. The van der Waals surface area contributed by atoms with Crippen LogP contribution in [0.15, 0.2) is 16.3 Å². The molecule has 1 aliphatic carbocycles. The third-order valence-corrected chi connectivity index (χ3v) is 7.25. The molecule has 2 fully saturated rings. The Morgan fingerprint density at radius 1 is 1.50 bits per heavy atom. The molecule has 2 aliphatic rings. The number of hydrogen-bond acceptors (Lipinski definition) is 5. The Morgan fingerprint density at radius 2 is 2.23 bits per heavy atom. The van der Waals surface area contributed by atoms with Gasteiger partial charge < -0.3 is 9.84 Å². The van der Waals surface area contributed by atoms with Crippen LogP contribution in [0, 0.1) is 5.13 Å². The van der Waals surface area contributed by atoms with E-state index < -0.39 is 32.8 Å². The van der Waals surface area contributed by atoms with Crippen molar-refractivity contribution in [2.24, 2.45) is 0 Å². The van der Waals surface area contributed by atoms with Crippen molar-refractivity contribution in [3.8, 4) is 0 Å². The molecule has 2 heterocycles. The first-order valence-electron chi connectivity index (χ1n) is 6.96. The van der Waals surface area contributed by atoms with Crippen LogP contribution >= 0.6 is 11.3 Å². The summed E-state index contributed by atoms with van der Waals surface area (Å²) in [5, 5.41) is 8.38. The number of halogens is 1. The highest BCUT2D eigenvalue weighted by atomic mass is 32.2. The molecule has 0 radical (unpaired) electrons.